The first-order valence-corrected chi connectivity index (χ1v) is 9.83. The third-order valence-electron chi connectivity index (χ3n) is 6.23. The number of halogens is 3. The zero-order valence-corrected chi connectivity index (χ0v) is 15.9. The Morgan fingerprint density at radius 2 is 1.79 bits per heavy atom. The molecule has 4 heterocycles. The number of aromatic nitrogens is 1. The van der Waals surface area contributed by atoms with Crippen molar-refractivity contribution in [1.82, 2.24) is 14.8 Å². The lowest BCUT2D eigenvalue weighted by Gasteiger charge is -2.41. The highest BCUT2D eigenvalue weighted by atomic mass is 19.4. The van der Waals surface area contributed by atoms with Gasteiger partial charge in [-0.25, -0.2) is 9.78 Å². The van der Waals surface area contributed by atoms with Crippen LogP contribution in [-0.4, -0.2) is 72.2 Å². The third-order valence-corrected chi connectivity index (χ3v) is 6.23. The molecule has 0 aromatic carbocycles. The maximum absolute atomic E-state index is 12.8. The van der Waals surface area contributed by atoms with E-state index < -0.39 is 12.1 Å². The second kappa shape index (κ2) is 7.38. The molecule has 4 rings (SSSR count). The van der Waals surface area contributed by atoms with E-state index in [2.05, 4.69) is 4.98 Å². The lowest BCUT2D eigenvalue weighted by Crippen LogP contribution is -2.53. The van der Waals surface area contributed by atoms with Crippen LogP contribution in [0, 0.1) is 11.8 Å². The van der Waals surface area contributed by atoms with Gasteiger partial charge in [0.1, 0.15) is 5.82 Å². The van der Waals surface area contributed by atoms with E-state index in [0.29, 0.717) is 45.0 Å². The van der Waals surface area contributed by atoms with E-state index in [4.69, 9.17) is 5.73 Å². The molecular formula is C19H24F3N5O2. The molecule has 10 heteroatoms. The largest absolute Gasteiger partial charge is 0.393 e. The average Bonchev–Trinajstić information content (AvgIpc) is 3.30. The Balaban J connectivity index is 1.28. The fourth-order valence-electron chi connectivity index (χ4n) is 4.27. The molecule has 2 N–H and O–H groups in total. The van der Waals surface area contributed by atoms with Crippen molar-refractivity contribution < 1.29 is 22.8 Å². The van der Waals surface area contributed by atoms with Crippen molar-refractivity contribution in [1.29, 1.82) is 0 Å². The molecular weight excluding hydrogens is 387 g/mol. The van der Waals surface area contributed by atoms with Crippen LogP contribution in [0.15, 0.2) is 18.3 Å². The molecule has 29 heavy (non-hydrogen) atoms. The van der Waals surface area contributed by atoms with Gasteiger partial charge < -0.3 is 20.4 Å². The molecule has 1 aromatic heterocycles. The first kappa shape index (κ1) is 19.8. The van der Waals surface area contributed by atoms with Crippen molar-refractivity contribution >= 4 is 17.8 Å². The summed E-state index contributed by atoms with van der Waals surface area (Å²) in [5, 5.41) is 0. The van der Waals surface area contributed by atoms with Gasteiger partial charge in [0.25, 0.3) is 0 Å². The van der Waals surface area contributed by atoms with Crippen molar-refractivity contribution in [3.8, 4) is 0 Å². The molecule has 0 saturated carbocycles. The molecule has 0 bridgehead atoms. The van der Waals surface area contributed by atoms with Crippen LogP contribution in [0.4, 0.5) is 23.8 Å². The number of alkyl halides is 3. The summed E-state index contributed by atoms with van der Waals surface area (Å²) in [6.45, 7) is 2.35. The number of hydrogen-bond acceptors (Lipinski definition) is 4. The number of pyridine rings is 1. The standard InChI is InChI=1S/C19H24F3N5O2/c20-19(21,22)15-4-6-25(11-15)16-2-1-12(7-24-16)14-9-27(10-14)18(29)26-5-3-13(8-26)17(23)28/h1-2,7,13-15H,3-6,8-11H2,(H2,23,28)/t13-,15+/m0/s1. The number of amides is 3. The fraction of sp³-hybridized carbons (Fsp3) is 0.632. The number of likely N-dealkylation sites (tertiary alicyclic amines) is 2. The second-order valence-corrected chi connectivity index (χ2v) is 8.14. The zero-order chi connectivity index (χ0) is 20.8. The van der Waals surface area contributed by atoms with Gasteiger partial charge in [-0.15, -0.1) is 0 Å². The lowest BCUT2D eigenvalue weighted by atomic mass is 9.93. The number of anilines is 1. The normalized spacial score (nSPS) is 25.4. The van der Waals surface area contributed by atoms with Crippen LogP contribution >= 0.6 is 0 Å². The summed E-state index contributed by atoms with van der Waals surface area (Å²) < 4.78 is 38.5. The van der Waals surface area contributed by atoms with Crippen LogP contribution in [0.5, 0.6) is 0 Å². The molecule has 3 saturated heterocycles. The molecule has 158 valence electrons. The molecule has 7 nitrogen and oxygen atoms in total. The molecule has 3 aliphatic rings. The zero-order valence-electron chi connectivity index (χ0n) is 15.9. The van der Waals surface area contributed by atoms with Crippen LogP contribution in [-0.2, 0) is 4.79 Å². The number of carbonyl (C=O) groups is 2. The summed E-state index contributed by atoms with van der Waals surface area (Å²) in [6.07, 6.45) is -1.76. The number of nitrogens with two attached hydrogens (primary N) is 1. The Kier molecular flexibility index (Phi) is 5.04. The first-order valence-electron chi connectivity index (χ1n) is 9.83. The Labute approximate surface area is 166 Å². The lowest BCUT2D eigenvalue weighted by molar-refractivity contribution is -0.168. The predicted molar refractivity (Wildman–Crippen MR) is 99.2 cm³/mol. The van der Waals surface area contributed by atoms with Crippen molar-refractivity contribution in [3.05, 3.63) is 23.9 Å². The number of nitrogens with zero attached hydrogens (tertiary/aromatic N) is 4. The molecule has 0 spiro atoms. The topological polar surface area (TPSA) is 82.8 Å². The molecule has 1 aromatic rings. The van der Waals surface area contributed by atoms with Gasteiger partial charge in [-0.3, -0.25) is 4.79 Å². The summed E-state index contributed by atoms with van der Waals surface area (Å²) in [5.41, 5.74) is 6.28. The minimum Gasteiger partial charge on any atom is -0.369 e. The van der Waals surface area contributed by atoms with Crippen LogP contribution in [0.2, 0.25) is 0 Å². The maximum Gasteiger partial charge on any atom is 0.393 e. The number of carbonyl (C=O) groups excluding carboxylic acids is 2. The predicted octanol–water partition coefficient (Wildman–Crippen LogP) is 1.80. The summed E-state index contributed by atoms with van der Waals surface area (Å²) in [5.74, 6) is -1.21. The number of rotatable bonds is 3. The van der Waals surface area contributed by atoms with Gasteiger partial charge in [0.15, 0.2) is 0 Å². The van der Waals surface area contributed by atoms with E-state index in [1.54, 1.807) is 27.0 Å². The first-order chi connectivity index (χ1) is 13.7. The van der Waals surface area contributed by atoms with E-state index >= 15 is 0 Å². The molecule has 0 unspecified atom stereocenters. The van der Waals surface area contributed by atoms with E-state index in [1.807, 2.05) is 6.07 Å². The summed E-state index contributed by atoms with van der Waals surface area (Å²) in [7, 11) is 0. The van der Waals surface area contributed by atoms with Gasteiger partial charge in [-0.1, -0.05) is 6.07 Å². The van der Waals surface area contributed by atoms with E-state index in [1.165, 1.54) is 0 Å². The van der Waals surface area contributed by atoms with Crippen molar-refractivity contribution in [2.75, 3.05) is 44.2 Å². The highest BCUT2D eigenvalue weighted by Gasteiger charge is 2.44. The second-order valence-electron chi connectivity index (χ2n) is 8.14. The monoisotopic (exact) mass is 411 g/mol. The van der Waals surface area contributed by atoms with Gasteiger partial charge in [0.05, 0.1) is 11.8 Å². The highest BCUT2D eigenvalue weighted by molar-refractivity contribution is 5.80. The Morgan fingerprint density at radius 1 is 1.03 bits per heavy atom. The number of hydrogen-bond donors (Lipinski definition) is 1. The minimum absolute atomic E-state index is 0.0519. The average molecular weight is 411 g/mol. The SMILES string of the molecule is NC(=O)[C@H]1CCN(C(=O)N2CC(c3ccc(N4CC[C@@H](C(F)(F)F)C4)nc3)C2)C1. The summed E-state index contributed by atoms with van der Waals surface area (Å²) in [4.78, 5) is 33.2. The highest BCUT2D eigenvalue weighted by Crippen LogP contribution is 2.35. The molecule has 3 amide bonds. The maximum atomic E-state index is 12.8. The van der Waals surface area contributed by atoms with Gasteiger partial charge in [-0.05, 0) is 24.5 Å². The molecule has 0 radical (unpaired) electrons. The van der Waals surface area contributed by atoms with Crippen molar-refractivity contribution in [3.63, 3.8) is 0 Å². The molecule has 3 fully saturated rings. The van der Waals surface area contributed by atoms with Crippen LogP contribution in [0.1, 0.15) is 24.3 Å². The van der Waals surface area contributed by atoms with Gasteiger partial charge >= 0.3 is 12.2 Å². The third kappa shape index (κ3) is 3.97. The number of primary amides is 1. The molecule has 3 aliphatic heterocycles. The smallest absolute Gasteiger partial charge is 0.369 e. The van der Waals surface area contributed by atoms with Crippen molar-refractivity contribution in [2.45, 2.75) is 24.9 Å². The number of urea groups is 1. The quantitative estimate of drug-likeness (QED) is 0.822. The van der Waals surface area contributed by atoms with Crippen LogP contribution in [0.25, 0.3) is 0 Å². The Bertz CT molecular complexity index is 779. The molecule has 0 aliphatic carbocycles. The summed E-state index contributed by atoms with van der Waals surface area (Å²) >= 11 is 0. The van der Waals surface area contributed by atoms with Gasteiger partial charge in [-0.2, -0.15) is 13.2 Å². The van der Waals surface area contributed by atoms with E-state index in [-0.39, 0.29) is 36.7 Å². The van der Waals surface area contributed by atoms with Gasteiger partial charge in [0, 0.05) is 51.4 Å². The van der Waals surface area contributed by atoms with Crippen LogP contribution < -0.4 is 10.6 Å². The van der Waals surface area contributed by atoms with Gasteiger partial charge in [0.2, 0.25) is 5.91 Å². The van der Waals surface area contributed by atoms with E-state index in [9.17, 15) is 22.8 Å². The molecule has 2 atom stereocenters. The minimum atomic E-state index is -4.16. The Morgan fingerprint density at radius 3 is 2.34 bits per heavy atom. The summed E-state index contributed by atoms with van der Waals surface area (Å²) in [6, 6.07) is 3.57. The Hall–Kier alpha value is -2.52. The van der Waals surface area contributed by atoms with E-state index in [0.717, 1.165) is 5.56 Å². The fourth-order valence-corrected chi connectivity index (χ4v) is 4.27. The van der Waals surface area contributed by atoms with Crippen molar-refractivity contribution in [2.24, 2.45) is 17.6 Å². The van der Waals surface area contributed by atoms with Crippen LogP contribution in [0.3, 0.4) is 0 Å².